The second kappa shape index (κ2) is 4.83. The standard InChI is InChI=1S/C14H13N5O3/c1-7-2-5-9-10(6-7)21-13(16-9)17-14-19-18-12(22-14)11(20)15-8-3-4-8/h2,5-6,8H,3-4H2,1H3,(H,15,20)(H,16,17,19). The molecular weight excluding hydrogens is 286 g/mol. The molecule has 1 aromatic carbocycles. The van der Waals surface area contributed by atoms with E-state index in [0.29, 0.717) is 5.58 Å². The molecule has 0 bridgehead atoms. The average molecular weight is 299 g/mol. The highest BCUT2D eigenvalue weighted by Gasteiger charge is 2.26. The number of anilines is 2. The fraction of sp³-hybridized carbons (Fsp3) is 0.286. The second-order valence-corrected chi connectivity index (χ2v) is 5.28. The van der Waals surface area contributed by atoms with E-state index in [9.17, 15) is 4.79 Å². The third-order valence-electron chi connectivity index (χ3n) is 3.29. The maximum absolute atomic E-state index is 11.8. The van der Waals surface area contributed by atoms with E-state index in [1.54, 1.807) is 0 Å². The van der Waals surface area contributed by atoms with E-state index in [-0.39, 0.29) is 29.9 Å². The number of benzene rings is 1. The molecule has 1 fully saturated rings. The number of hydrogen-bond acceptors (Lipinski definition) is 7. The zero-order valence-electron chi connectivity index (χ0n) is 11.8. The van der Waals surface area contributed by atoms with Crippen LogP contribution >= 0.6 is 0 Å². The maximum Gasteiger partial charge on any atom is 0.324 e. The monoisotopic (exact) mass is 299 g/mol. The summed E-state index contributed by atoms with van der Waals surface area (Å²) < 4.78 is 10.8. The van der Waals surface area contributed by atoms with Gasteiger partial charge in [0.05, 0.1) is 0 Å². The first-order valence-electron chi connectivity index (χ1n) is 6.96. The normalized spacial score (nSPS) is 14.2. The van der Waals surface area contributed by atoms with Gasteiger partial charge in [0.25, 0.3) is 0 Å². The van der Waals surface area contributed by atoms with Crippen LogP contribution in [0, 0.1) is 6.92 Å². The van der Waals surface area contributed by atoms with Gasteiger partial charge in [-0.3, -0.25) is 10.1 Å². The molecule has 2 heterocycles. The predicted molar refractivity (Wildman–Crippen MR) is 76.8 cm³/mol. The van der Waals surface area contributed by atoms with Gasteiger partial charge in [-0.25, -0.2) is 0 Å². The topological polar surface area (TPSA) is 106 Å². The molecule has 8 nitrogen and oxygen atoms in total. The van der Waals surface area contributed by atoms with Crippen LogP contribution in [-0.2, 0) is 0 Å². The number of carbonyl (C=O) groups is 1. The van der Waals surface area contributed by atoms with Gasteiger partial charge in [-0.15, -0.1) is 5.10 Å². The molecule has 4 rings (SSSR count). The van der Waals surface area contributed by atoms with Gasteiger partial charge in [-0.05, 0) is 37.5 Å². The molecule has 0 saturated heterocycles. The Kier molecular flexibility index (Phi) is 2.81. The number of fused-ring (bicyclic) bond motifs is 1. The van der Waals surface area contributed by atoms with Gasteiger partial charge in [-0.1, -0.05) is 11.2 Å². The lowest BCUT2D eigenvalue weighted by molar-refractivity contribution is 0.0917. The number of aryl methyl sites for hydroxylation is 1. The van der Waals surface area contributed by atoms with Crippen molar-refractivity contribution in [3.05, 3.63) is 29.7 Å². The van der Waals surface area contributed by atoms with Crippen molar-refractivity contribution in [1.29, 1.82) is 0 Å². The smallest absolute Gasteiger partial charge is 0.324 e. The van der Waals surface area contributed by atoms with Crippen molar-refractivity contribution in [2.24, 2.45) is 0 Å². The molecule has 8 heteroatoms. The van der Waals surface area contributed by atoms with Crippen LogP contribution in [0.2, 0.25) is 0 Å². The fourth-order valence-electron chi connectivity index (χ4n) is 2.02. The van der Waals surface area contributed by atoms with Crippen LogP contribution in [0.3, 0.4) is 0 Å². The highest BCUT2D eigenvalue weighted by atomic mass is 16.4. The minimum atomic E-state index is -0.365. The first kappa shape index (κ1) is 12.8. The zero-order chi connectivity index (χ0) is 15.1. The molecule has 0 aliphatic heterocycles. The highest BCUT2D eigenvalue weighted by molar-refractivity contribution is 5.90. The molecule has 1 saturated carbocycles. The van der Waals surface area contributed by atoms with Crippen LogP contribution in [0.15, 0.2) is 27.0 Å². The summed E-state index contributed by atoms with van der Waals surface area (Å²) in [5, 5.41) is 13.0. The van der Waals surface area contributed by atoms with E-state index >= 15 is 0 Å². The number of hydrogen-bond donors (Lipinski definition) is 2. The predicted octanol–water partition coefficient (Wildman–Crippen LogP) is 2.16. The van der Waals surface area contributed by atoms with Gasteiger partial charge in [-0.2, -0.15) is 4.98 Å². The van der Waals surface area contributed by atoms with Crippen LogP contribution in [0.4, 0.5) is 12.0 Å². The van der Waals surface area contributed by atoms with Crippen molar-refractivity contribution in [1.82, 2.24) is 20.5 Å². The van der Waals surface area contributed by atoms with E-state index in [0.717, 1.165) is 23.9 Å². The number of rotatable bonds is 4. The quantitative estimate of drug-likeness (QED) is 0.760. The van der Waals surface area contributed by atoms with Crippen LogP contribution in [0.25, 0.3) is 11.1 Å². The Morgan fingerprint density at radius 1 is 1.23 bits per heavy atom. The van der Waals surface area contributed by atoms with Crippen LogP contribution < -0.4 is 10.6 Å². The largest absolute Gasteiger partial charge is 0.423 e. The molecular formula is C14H13N5O3. The number of carbonyl (C=O) groups excluding carboxylic acids is 1. The summed E-state index contributed by atoms with van der Waals surface area (Å²) in [5.41, 5.74) is 2.46. The molecule has 0 atom stereocenters. The summed E-state index contributed by atoms with van der Waals surface area (Å²) in [7, 11) is 0. The van der Waals surface area contributed by atoms with Crippen molar-refractivity contribution < 1.29 is 13.6 Å². The SMILES string of the molecule is Cc1ccc2nc(Nc3nnc(C(=O)NC4CC4)o3)oc2c1. The molecule has 1 aliphatic rings. The lowest BCUT2D eigenvalue weighted by atomic mass is 10.2. The lowest BCUT2D eigenvalue weighted by Gasteiger charge is -1.96. The van der Waals surface area contributed by atoms with Gasteiger partial charge in [0.15, 0.2) is 5.58 Å². The van der Waals surface area contributed by atoms with E-state index in [1.807, 2.05) is 25.1 Å². The van der Waals surface area contributed by atoms with Crippen molar-refractivity contribution in [2.75, 3.05) is 5.32 Å². The third kappa shape index (κ3) is 2.50. The molecule has 1 amide bonds. The van der Waals surface area contributed by atoms with E-state index in [2.05, 4.69) is 25.8 Å². The van der Waals surface area contributed by atoms with Gasteiger partial charge in [0.1, 0.15) is 5.52 Å². The Bertz CT molecular complexity index is 849. The Balaban J connectivity index is 1.52. The van der Waals surface area contributed by atoms with E-state index < -0.39 is 0 Å². The van der Waals surface area contributed by atoms with Gasteiger partial charge in [0.2, 0.25) is 0 Å². The van der Waals surface area contributed by atoms with E-state index in [4.69, 9.17) is 8.83 Å². The van der Waals surface area contributed by atoms with Crippen LogP contribution in [0.5, 0.6) is 0 Å². The summed E-state index contributed by atoms with van der Waals surface area (Å²) in [6, 6.07) is 6.22. The minimum Gasteiger partial charge on any atom is -0.423 e. The van der Waals surface area contributed by atoms with Crippen molar-refractivity contribution in [2.45, 2.75) is 25.8 Å². The summed E-state index contributed by atoms with van der Waals surface area (Å²) in [6.07, 6.45) is 1.99. The summed E-state index contributed by atoms with van der Waals surface area (Å²) in [5.74, 6) is -0.447. The Morgan fingerprint density at radius 2 is 2.09 bits per heavy atom. The Hall–Kier alpha value is -2.90. The summed E-state index contributed by atoms with van der Waals surface area (Å²) in [6.45, 7) is 1.97. The molecule has 0 unspecified atom stereocenters. The molecule has 0 spiro atoms. The first-order chi connectivity index (χ1) is 10.7. The molecule has 3 aromatic rings. The molecule has 2 aromatic heterocycles. The average Bonchev–Trinajstić information content (AvgIpc) is 3.03. The number of amides is 1. The number of nitrogens with zero attached hydrogens (tertiary/aromatic N) is 3. The molecule has 112 valence electrons. The first-order valence-corrected chi connectivity index (χ1v) is 6.96. The van der Waals surface area contributed by atoms with Crippen molar-refractivity contribution in [3.63, 3.8) is 0 Å². The second-order valence-electron chi connectivity index (χ2n) is 5.28. The lowest BCUT2D eigenvalue weighted by Crippen LogP contribution is -2.25. The molecule has 2 N–H and O–H groups in total. The molecule has 22 heavy (non-hydrogen) atoms. The van der Waals surface area contributed by atoms with E-state index in [1.165, 1.54) is 0 Å². The molecule has 1 aliphatic carbocycles. The molecule has 0 radical (unpaired) electrons. The van der Waals surface area contributed by atoms with Crippen molar-refractivity contribution in [3.8, 4) is 0 Å². The summed E-state index contributed by atoms with van der Waals surface area (Å²) in [4.78, 5) is 16.0. The highest BCUT2D eigenvalue weighted by Crippen LogP contribution is 2.23. The maximum atomic E-state index is 11.8. The summed E-state index contributed by atoms with van der Waals surface area (Å²) >= 11 is 0. The third-order valence-corrected chi connectivity index (χ3v) is 3.29. The fourth-order valence-corrected chi connectivity index (χ4v) is 2.02. The van der Waals surface area contributed by atoms with Gasteiger partial charge >= 0.3 is 23.8 Å². The Morgan fingerprint density at radius 3 is 2.91 bits per heavy atom. The van der Waals surface area contributed by atoms with Crippen LogP contribution in [-0.4, -0.2) is 27.1 Å². The number of aromatic nitrogens is 3. The van der Waals surface area contributed by atoms with Crippen molar-refractivity contribution >= 4 is 29.0 Å². The number of oxazole rings is 1. The van der Waals surface area contributed by atoms with Gasteiger partial charge in [0, 0.05) is 6.04 Å². The zero-order valence-corrected chi connectivity index (χ0v) is 11.8. The van der Waals surface area contributed by atoms with Gasteiger partial charge < -0.3 is 14.2 Å². The Labute approximate surface area is 124 Å². The number of nitrogens with one attached hydrogen (secondary N) is 2. The minimum absolute atomic E-state index is 0.0595. The van der Waals surface area contributed by atoms with Crippen LogP contribution in [0.1, 0.15) is 29.1 Å².